The summed E-state index contributed by atoms with van der Waals surface area (Å²) in [6, 6.07) is 13.9. The smallest absolute Gasteiger partial charge is 0.255 e. The molecular weight excluding hydrogens is 288 g/mol. The molecule has 1 atom stereocenters. The number of rotatable bonds is 6. The number of carbonyl (C=O) groups is 1. The van der Waals surface area contributed by atoms with E-state index in [0.29, 0.717) is 17.9 Å². The molecule has 5 heteroatoms. The molecule has 0 aliphatic rings. The number of hydrogen-bond donors (Lipinski definition) is 1. The molecule has 1 aromatic heterocycles. The third kappa shape index (κ3) is 4.29. The van der Waals surface area contributed by atoms with Gasteiger partial charge >= 0.3 is 0 Å². The fraction of sp³-hybridized carbons (Fsp3) is 0.333. The standard InChI is InChI=1S/C18H24N4O/c1-21(2)16(14-9-6-5-7-10-14)13-20-18(23)15-11-8-12-19-17(15)22(3)4/h5-12,16H,13H2,1-4H3,(H,20,23). The maximum Gasteiger partial charge on any atom is 0.255 e. The van der Waals surface area contributed by atoms with Crippen molar-refractivity contribution in [1.29, 1.82) is 0 Å². The molecule has 2 aromatic rings. The zero-order chi connectivity index (χ0) is 16.8. The van der Waals surface area contributed by atoms with Crippen LogP contribution in [0.2, 0.25) is 0 Å². The first kappa shape index (κ1) is 17.0. The molecule has 0 bridgehead atoms. The van der Waals surface area contributed by atoms with Crippen molar-refractivity contribution >= 4 is 11.7 Å². The van der Waals surface area contributed by atoms with Crippen molar-refractivity contribution in [3.05, 3.63) is 59.8 Å². The molecule has 1 unspecified atom stereocenters. The fourth-order valence-corrected chi connectivity index (χ4v) is 2.49. The summed E-state index contributed by atoms with van der Waals surface area (Å²) in [4.78, 5) is 20.8. The number of aromatic nitrogens is 1. The van der Waals surface area contributed by atoms with Gasteiger partial charge in [-0.15, -0.1) is 0 Å². The summed E-state index contributed by atoms with van der Waals surface area (Å²) in [7, 11) is 7.79. The molecule has 5 nitrogen and oxygen atoms in total. The highest BCUT2D eigenvalue weighted by molar-refractivity contribution is 5.98. The molecule has 1 heterocycles. The lowest BCUT2D eigenvalue weighted by molar-refractivity contribution is 0.0942. The predicted octanol–water partition coefficient (Wildman–Crippen LogP) is 2.18. The zero-order valence-corrected chi connectivity index (χ0v) is 14.2. The minimum absolute atomic E-state index is 0.107. The molecule has 23 heavy (non-hydrogen) atoms. The van der Waals surface area contributed by atoms with E-state index >= 15 is 0 Å². The van der Waals surface area contributed by atoms with Crippen molar-refractivity contribution in [2.24, 2.45) is 0 Å². The van der Waals surface area contributed by atoms with Crippen molar-refractivity contribution in [3.8, 4) is 0 Å². The molecule has 0 fully saturated rings. The van der Waals surface area contributed by atoms with Crippen LogP contribution >= 0.6 is 0 Å². The van der Waals surface area contributed by atoms with E-state index in [1.807, 2.05) is 51.3 Å². The van der Waals surface area contributed by atoms with Gasteiger partial charge in [0.15, 0.2) is 0 Å². The highest BCUT2D eigenvalue weighted by atomic mass is 16.1. The van der Waals surface area contributed by atoms with Gasteiger partial charge in [0.05, 0.1) is 11.6 Å². The van der Waals surface area contributed by atoms with Gasteiger partial charge in [0.2, 0.25) is 0 Å². The van der Waals surface area contributed by atoms with E-state index < -0.39 is 0 Å². The summed E-state index contributed by atoms with van der Waals surface area (Å²) in [6.07, 6.45) is 1.69. The Bertz CT molecular complexity index is 640. The van der Waals surface area contributed by atoms with Crippen LogP contribution in [0.4, 0.5) is 5.82 Å². The highest BCUT2D eigenvalue weighted by Crippen LogP contribution is 2.18. The Labute approximate surface area is 137 Å². The van der Waals surface area contributed by atoms with Gasteiger partial charge < -0.3 is 15.1 Å². The second kappa shape index (κ2) is 7.74. The maximum absolute atomic E-state index is 12.5. The summed E-state index contributed by atoms with van der Waals surface area (Å²) < 4.78 is 0. The van der Waals surface area contributed by atoms with E-state index in [1.54, 1.807) is 18.3 Å². The third-order valence-electron chi connectivity index (χ3n) is 3.72. The van der Waals surface area contributed by atoms with Crippen LogP contribution in [0, 0.1) is 0 Å². The fourth-order valence-electron chi connectivity index (χ4n) is 2.49. The monoisotopic (exact) mass is 312 g/mol. The molecule has 1 aromatic carbocycles. The molecule has 0 radical (unpaired) electrons. The van der Waals surface area contributed by atoms with E-state index in [9.17, 15) is 4.79 Å². The second-order valence-electron chi connectivity index (χ2n) is 5.87. The topological polar surface area (TPSA) is 48.5 Å². The lowest BCUT2D eigenvalue weighted by Gasteiger charge is -2.25. The second-order valence-corrected chi connectivity index (χ2v) is 5.87. The van der Waals surface area contributed by atoms with Crippen LogP contribution in [-0.2, 0) is 0 Å². The Morgan fingerprint density at radius 2 is 1.78 bits per heavy atom. The minimum Gasteiger partial charge on any atom is -0.362 e. The number of benzene rings is 1. The molecule has 0 aliphatic heterocycles. The SMILES string of the molecule is CN(C)c1ncccc1C(=O)NCC(c1ccccc1)N(C)C. The largest absolute Gasteiger partial charge is 0.362 e. The molecule has 1 amide bonds. The molecule has 1 N–H and O–H groups in total. The van der Waals surface area contributed by atoms with Crippen molar-refractivity contribution in [2.45, 2.75) is 6.04 Å². The van der Waals surface area contributed by atoms with E-state index in [1.165, 1.54) is 5.56 Å². The number of anilines is 1. The molecule has 0 saturated carbocycles. The quantitative estimate of drug-likeness (QED) is 0.888. The van der Waals surface area contributed by atoms with Gasteiger partial charge in [-0.05, 0) is 31.8 Å². The predicted molar refractivity (Wildman–Crippen MR) is 93.8 cm³/mol. The van der Waals surface area contributed by atoms with Gasteiger partial charge in [-0.3, -0.25) is 4.79 Å². The zero-order valence-electron chi connectivity index (χ0n) is 14.2. The van der Waals surface area contributed by atoms with Crippen molar-refractivity contribution in [1.82, 2.24) is 15.2 Å². The Kier molecular flexibility index (Phi) is 5.71. The summed E-state index contributed by atoms with van der Waals surface area (Å²) in [5.41, 5.74) is 1.76. The summed E-state index contributed by atoms with van der Waals surface area (Å²) >= 11 is 0. The molecule has 0 spiro atoms. The number of amides is 1. The average molecular weight is 312 g/mol. The molecule has 2 rings (SSSR count). The normalized spacial score (nSPS) is 12.0. The number of hydrogen-bond acceptors (Lipinski definition) is 4. The summed E-state index contributed by atoms with van der Waals surface area (Å²) in [5.74, 6) is 0.565. The number of pyridine rings is 1. The first-order valence-corrected chi connectivity index (χ1v) is 7.62. The van der Waals surface area contributed by atoms with Crippen LogP contribution < -0.4 is 10.2 Å². The van der Waals surface area contributed by atoms with Gasteiger partial charge in [0.1, 0.15) is 5.82 Å². The van der Waals surface area contributed by atoms with Crippen LogP contribution in [0.15, 0.2) is 48.7 Å². The lowest BCUT2D eigenvalue weighted by atomic mass is 10.1. The molecule has 122 valence electrons. The van der Waals surface area contributed by atoms with E-state index in [2.05, 4.69) is 27.3 Å². The van der Waals surface area contributed by atoms with Crippen LogP contribution in [0.5, 0.6) is 0 Å². The summed E-state index contributed by atoms with van der Waals surface area (Å²) in [6.45, 7) is 0.539. The number of nitrogens with zero attached hydrogens (tertiary/aromatic N) is 3. The number of nitrogens with one attached hydrogen (secondary N) is 1. The highest BCUT2D eigenvalue weighted by Gasteiger charge is 2.18. The van der Waals surface area contributed by atoms with Gasteiger partial charge in [-0.2, -0.15) is 0 Å². The lowest BCUT2D eigenvalue weighted by Crippen LogP contribution is -2.35. The van der Waals surface area contributed by atoms with Crippen molar-refractivity contribution in [3.63, 3.8) is 0 Å². The number of likely N-dealkylation sites (N-methyl/N-ethyl adjacent to an activating group) is 1. The first-order chi connectivity index (χ1) is 11.0. The third-order valence-corrected chi connectivity index (χ3v) is 3.72. The van der Waals surface area contributed by atoms with Gasteiger partial charge in [0.25, 0.3) is 5.91 Å². The minimum atomic E-state index is -0.107. The van der Waals surface area contributed by atoms with Crippen molar-refractivity contribution < 1.29 is 4.79 Å². The van der Waals surface area contributed by atoms with Gasteiger partial charge in [-0.25, -0.2) is 4.98 Å². The average Bonchev–Trinajstić information content (AvgIpc) is 2.55. The van der Waals surface area contributed by atoms with E-state index in [0.717, 1.165) is 0 Å². The van der Waals surface area contributed by atoms with Gasteiger partial charge in [0, 0.05) is 26.8 Å². The van der Waals surface area contributed by atoms with Crippen molar-refractivity contribution in [2.75, 3.05) is 39.6 Å². The summed E-state index contributed by atoms with van der Waals surface area (Å²) in [5, 5.41) is 3.03. The molecule has 0 aliphatic carbocycles. The van der Waals surface area contributed by atoms with E-state index in [-0.39, 0.29) is 11.9 Å². The van der Waals surface area contributed by atoms with Crippen LogP contribution in [-0.4, -0.2) is 50.5 Å². The van der Waals surface area contributed by atoms with E-state index in [4.69, 9.17) is 0 Å². The first-order valence-electron chi connectivity index (χ1n) is 7.62. The Balaban J connectivity index is 2.11. The molecule has 0 saturated heterocycles. The number of carbonyl (C=O) groups excluding carboxylic acids is 1. The Hall–Kier alpha value is -2.40. The Morgan fingerprint density at radius 1 is 1.09 bits per heavy atom. The van der Waals surface area contributed by atoms with Crippen LogP contribution in [0.3, 0.4) is 0 Å². The van der Waals surface area contributed by atoms with Gasteiger partial charge in [-0.1, -0.05) is 30.3 Å². The molecular formula is C18H24N4O. The maximum atomic E-state index is 12.5. The van der Waals surface area contributed by atoms with Crippen LogP contribution in [0.1, 0.15) is 22.0 Å². The Morgan fingerprint density at radius 3 is 2.39 bits per heavy atom. The van der Waals surface area contributed by atoms with Crippen LogP contribution in [0.25, 0.3) is 0 Å².